The van der Waals surface area contributed by atoms with E-state index in [4.69, 9.17) is 14.0 Å². The van der Waals surface area contributed by atoms with Crippen molar-refractivity contribution in [1.29, 1.82) is 0 Å². The molecule has 2 fully saturated rings. The first-order chi connectivity index (χ1) is 10.9. The molecule has 0 saturated carbocycles. The van der Waals surface area contributed by atoms with Crippen molar-refractivity contribution in [3.63, 3.8) is 0 Å². The summed E-state index contributed by atoms with van der Waals surface area (Å²) >= 11 is 0. The molecule has 2 atom stereocenters. The SMILES string of the molecule is CC(C)(C)OC(=O)N1C[C@H]2CC[C@@H]1C=C2B1OC(C)(C)C(C)(C)O1. The number of hydrogen-bond donors (Lipinski definition) is 0. The number of carbonyl (C=O) groups excluding carboxylic acids is 1. The third-order valence-corrected chi connectivity index (χ3v) is 5.64. The fourth-order valence-electron chi connectivity index (χ4n) is 3.58. The van der Waals surface area contributed by atoms with Gasteiger partial charge in [0.15, 0.2) is 0 Å². The van der Waals surface area contributed by atoms with Crippen LogP contribution in [0.15, 0.2) is 11.5 Å². The zero-order chi connectivity index (χ0) is 17.9. The summed E-state index contributed by atoms with van der Waals surface area (Å²) in [6, 6.07) is 0.0823. The molecule has 6 heteroatoms. The van der Waals surface area contributed by atoms with Gasteiger partial charge >= 0.3 is 13.2 Å². The molecule has 3 aliphatic heterocycles. The number of rotatable bonds is 1. The molecule has 4 aliphatic rings. The monoisotopic (exact) mass is 335 g/mol. The summed E-state index contributed by atoms with van der Waals surface area (Å²) in [5, 5.41) is 0. The van der Waals surface area contributed by atoms with Gasteiger partial charge in [0.1, 0.15) is 5.60 Å². The van der Waals surface area contributed by atoms with E-state index in [1.54, 1.807) is 0 Å². The molecule has 2 saturated heterocycles. The predicted molar refractivity (Wildman–Crippen MR) is 93.6 cm³/mol. The van der Waals surface area contributed by atoms with Crippen LogP contribution in [0.2, 0.25) is 0 Å². The molecule has 0 unspecified atom stereocenters. The summed E-state index contributed by atoms with van der Waals surface area (Å²) < 4.78 is 18.0. The van der Waals surface area contributed by atoms with Crippen molar-refractivity contribution in [2.45, 2.75) is 84.2 Å². The lowest BCUT2D eigenvalue weighted by molar-refractivity contribution is 0.00578. The molecule has 3 heterocycles. The van der Waals surface area contributed by atoms with E-state index in [2.05, 4.69) is 33.8 Å². The summed E-state index contributed by atoms with van der Waals surface area (Å²) in [7, 11) is -0.302. The van der Waals surface area contributed by atoms with E-state index in [-0.39, 0.29) is 36.4 Å². The summed E-state index contributed by atoms with van der Waals surface area (Å²) in [6.45, 7) is 14.7. The maximum absolute atomic E-state index is 12.4. The summed E-state index contributed by atoms with van der Waals surface area (Å²) in [5.74, 6) is 0.289. The molecule has 0 aromatic rings. The Balaban J connectivity index is 1.76. The minimum absolute atomic E-state index is 0.0823. The van der Waals surface area contributed by atoms with Crippen molar-refractivity contribution in [2.24, 2.45) is 5.92 Å². The zero-order valence-corrected chi connectivity index (χ0v) is 16.0. The van der Waals surface area contributed by atoms with Crippen molar-refractivity contribution in [2.75, 3.05) is 6.54 Å². The summed E-state index contributed by atoms with van der Waals surface area (Å²) in [6.07, 6.45) is 4.00. The van der Waals surface area contributed by atoms with E-state index in [1.165, 1.54) is 5.47 Å². The van der Waals surface area contributed by atoms with Crippen LogP contribution in [0.3, 0.4) is 0 Å². The first-order valence-corrected chi connectivity index (χ1v) is 8.96. The zero-order valence-electron chi connectivity index (χ0n) is 16.0. The van der Waals surface area contributed by atoms with Crippen molar-refractivity contribution in [1.82, 2.24) is 4.90 Å². The van der Waals surface area contributed by atoms with Gasteiger partial charge in [-0.3, -0.25) is 0 Å². The van der Waals surface area contributed by atoms with Gasteiger partial charge in [-0.25, -0.2) is 4.79 Å². The number of amides is 1. The number of hydrogen-bond acceptors (Lipinski definition) is 4. The quantitative estimate of drug-likeness (QED) is 0.687. The predicted octanol–water partition coefficient (Wildman–Crippen LogP) is 3.57. The Morgan fingerprint density at radius 1 is 1.21 bits per heavy atom. The fourth-order valence-corrected chi connectivity index (χ4v) is 3.58. The molecule has 1 aliphatic carbocycles. The Morgan fingerprint density at radius 3 is 2.25 bits per heavy atom. The Morgan fingerprint density at radius 2 is 1.79 bits per heavy atom. The normalized spacial score (nSPS) is 31.2. The molecule has 134 valence electrons. The van der Waals surface area contributed by atoms with Gasteiger partial charge in [0.25, 0.3) is 0 Å². The molecule has 5 nitrogen and oxygen atoms in total. The van der Waals surface area contributed by atoms with Gasteiger partial charge in [-0.2, -0.15) is 0 Å². The average molecular weight is 335 g/mol. The van der Waals surface area contributed by atoms with Crippen molar-refractivity contribution in [3.05, 3.63) is 11.5 Å². The van der Waals surface area contributed by atoms with Gasteiger partial charge in [-0.05, 0) is 72.7 Å². The highest BCUT2D eigenvalue weighted by atomic mass is 16.7. The Kier molecular flexibility index (Phi) is 4.08. The molecule has 2 bridgehead atoms. The van der Waals surface area contributed by atoms with Crippen LogP contribution < -0.4 is 0 Å². The molecule has 0 spiro atoms. The highest BCUT2D eigenvalue weighted by Gasteiger charge is 2.55. The molecular weight excluding hydrogens is 305 g/mol. The third kappa shape index (κ3) is 3.10. The Hall–Kier alpha value is -1.01. The standard InChI is InChI=1S/C18H30BNO4/c1-16(2,3)22-15(21)20-11-12-8-9-13(20)10-14(12)19-23-17(4,5)18(6,7)24-19/h10,12-13H,8-9,11H2,1-7H3/t12-,13-/m1/s1. The van der Waals surface area contributed by atoms with Crippen LogP contribution in [0.4, 0.5) is 4.79 Å². The van der Waals surface area contributed by atoms with Gasteiger partial charge in [-0.15, -0.1) is 0 Å². The van der Waals surface area contributed by atoms with Crippen LogP contribution in [0.1, 0.15) is 61.3 Å². The lowest BCUT2D eigenvalue weighted by Crippen LogP contribution is -2.53. The van der Waals surface area contributed by atoms with E-state index in [9.17, 15) is 4.79 Å². The van der Waals surface area contributed by atoms with Crippen molar-refractivity contribution in [3.8, 4) is 0 Å². The number of nitrogens with zero attached hydrogens (tertiary/aromatic N) is 1. The van der Waals surface area contributed by atoms with Crippen LogP contribution in [-0.2, 0) is 14.0 Å². The van der Waals surface area contributed by atoms with Crippen LogP contribution in [0.5, 0.6) is 0 Å². The highest BCUT2D eigenvalue weighted by molar-refractivity contribution is 6.54. The summed E-state index contributed by atoms with van der Waals surface area (Å²) in [4.78, 5) is 14.3. The van der Waals surface area contributed by atoms with E-state index < -0.39 is 5.60 Å². The van der Waals surface area contributed by atoms with E-state index in [0.29, 0.717) is 6.54 Å². The average Bonchev–Trinajstić information content (AvgIpc) is 2.66. The molecule has 0 radical (unpaired) electrons. The van der Waals surface area contributed by atoms with E-state index >= 15 is 0 Å². The van der Waals surface area contributed by atoms with E-state index in [1.807, 2.05) is 25.7 Å². The van der Waals surface area contributed by atoms with Gasteiger partial charge < -0.3 is 18.9 Å². The first-order valence-electron chi connectivity index (χ1n) is 8.96. The number of fused-ring (bicyclic) bond motifs is 2. The smallest absolute Gasteiger partial charge is 0.444 e. The molecule has 1 amide bonds. The number of piperidine rings is 1. The van der Waals surface area contributed by atoms with Crippen LogP contribution >= 0.6 is 0 Å². The second-order valence-electron chi connectivity index (χ2n) is 9.23. The summed E-state index contributed by atoms with van der Waals surface area (Å²) in [5.41, 5.74) is 0.0660. The number of ether oxygens (including phenoxy) is 1. The molecule has 0 aromatic heterocycles. The fraction of sp³-hybridized carbons (Fsp3) is 0.833. The largest absolute Gasteiger partial charge is 0.490 e. The first kappa shape index (κ1) is 17.8. The Labute approximate surface area is 145 Å². The molecule has 4 rings (SSSR count). The van der Waals surface area contributed by atoms with Gasteiger partial charge in [0, 0.05) is 6.54 Å². The lowest BCUT2D eigenvalue weighted by atomic mass is 9.63. The maximum atomic E-state index is 12.4. The maximum Gasteiger partial charge on any atom is 0.490 e. The second kappa shape index (κ2) is 5.50. The third-order valence-electron chi connectivity index (χ3n) is 5.64. The second-order valence-corrected chi connectivity index (χ2v) is 9.23. The van der Waals surface area contributed by atoms with Crippen molar-refractivity contribution >= 4 is 13.2 Å². The van der Waals surface area contributed by atoms with Crippen LogP contribution in [-0.4, -0.2) is 47.5 Å². The molecular formula is C18H30BNO4. The van der Waals surface area contributed by atoms with Crippen LogP contribution in [0, 0.1) is 5.92 Å². The van der Waals surface area contributed by atoms with Gasteiger partial charge in [0.2, 0.25) is 0 Å². The highest BCUT2D eigenvalue weighted by Crippen LogP contribution is 2.44. The van der Waals surface area contributed by atoms with Gasteiger partial charge in [-0.1, -0.05) is 6.08 Å². The van der Waals surface area contributed by atoms with Gasteiger partial charge in [0.05, 0.1) is 17.2 Å². The van der Waals surface area contributed by atoms with E-state index in [0.717, 1.165) is 12.8 Å². The topological polar surface area (TPSA) is 48.0 Å². The Bertz CT molecular complexity index is 548. The minimum Gasteiger partial charge on any atom is -0.444 e. The molecule has 24 heavy (non-hydrogen) atoms. The van der Waals surface area contributed by atoms with Crippen LogP contribution in [0.25, 0.3) is 0 Å². The number of carbonyl (C=O) groups is 1. The molecule has 0 N–H and O–H groups in total. The molecule has 0 aromatic carbocycles. The lowest BCUT2D eigenvalue weighted by Gasteiger charge is -2.44. The minimum atomic E-state index is -0.466. The van der Waals surface area contributed by atoms with Crippen molar-refractivity contribution < 1.29 is 18.8 Å².